The van der Waals surface area contributed by atoms with Gasteiger partial charge < -0.3 is 23.8 Å². The molecule has 3 aromatic rings. The first kappa shape index (κ1) is 33.7. The second-order valence-electron chi connectivity index (χ2n) is 10.5. The highest BCUT2D eigenvalue weighted by molar-refractivity contribution is 7.52. The molecule has 16 heteroatoms. The highest BCUT2D eigenvalue weighted by atomic mass is 31.2. The summed E-state index contributed by atoms with van der Waals surface area (Å²) in [7, 11) is -4.58. The molecule has 242 valence electrons. The molecule has 4 rings (SSSR count). The minimum Gasteiger partial charge on any atom is -0.476 e. The molecule has 2 N–H and O–H groups in total. The number of imidazole rings is 1. The van der Waals surface area contributed by atoms with Crippen LogP contribution in [0.5, 0.6) is 11.6 Å². The fourth-order valence-electron chi connectivity index (χ4n) is 4.66. The van der Waals surface area contributed by atoms with Crippen molar-refractivity contribution >= 4 is 24.9 Å². The molecule has 2 unspecified atom stereocenters. The minimum absolute atomic E-state index is 0.0722. The van der Waals surface area contributed by atoms with E-state index in [0.717, 1.165) is 11.5 Å². The lowest BCUT2D eigenvalue weighted by Crippen LogP contribution is -2.47. The van der Waals surface area contributed by atoms with E-state index < -0.39 is 50.2 Å². The fourth-order valence-corrected chi connectivity index (χ4v) is 6.17. The van der Waals surface area contributed by atoms with Gasteiger partial charge in [0.1, 0.15) is 30.3 Å². The summed E-state index contributed by atoms with van der Waals surface area (Å²) in [5, 5.41) is 13.3. The van der Waals surface area contributed by atoms with Crippen LogP contribution in [-0.2, 0) is 23.4 Å². The highest BCUT2D eigenvalue weighted by Crippen LogP contribution is 2.52. The van der Waals surface area contributed by atoms with E-state index in [4.69, 9.17) is 23.3 Å². The topological polar surface area (TPSA) is 156 Å². The third-order valence-electron chi connectivity index (χ3n) is 7.07. The molecule has 0 spiro atoms. The van der Waals surface area contributed by atoms with Crippen LogP contribution >= 0.6 is 7.75 Å². The number of halogens is 2. The first-order chi connectivity index (χ1) is 20.8. The van der Waals surface area contributed by atoms with E-state index in [0.29, 0.717) is 12.8 Å². The van der Waals surface area contributed by atoms with E-state index in [1.54, 1.807) is 32.0 Å². The Morgan fingerprint density at radius 2 is 1.89 bits per heavy atom. The van der Waals surface area contributed by atoms with Crippen LogP contribution in [0.3, 0.4) is 0 Å². The zero-order valence-corrected chi connectivity index (χ0v) is 26.3. The molecule has 1 aliphatic rings. The number of rotatable bonds is 14. The molecule has 0 amide bonds. The second-order valence-corrected chi connectivity index (χ2v) is 12.2. The first-order valence-corrected chi connectivity index (χ1v) is 15.9. The lowest BCUT2D eigenvalue weighted by atomic mass is 9.97. The summed E-state index contributed by atoms with van der Waals surface area (Å²) in [6.45, 7) is 8.38. The SMILES string of the molecule is CCOc1nc(C)nc2c1ncn2[C@@H]1O[C@](F)(COP(=O)(NC(C)C(=O)OC(CC)CC)Oc2ccccc2)[C@@H](O)[C@@]1(C)F. The Bertz CT molecular complexity index is 1490. The molecule has 2 aromatic heterocycles. The maximum Gasteiger partial charge on any atom is 0.459 e. The first-order valence-electron chi connectivity index (χ1n) is 14.3. The molecule has 3 heterocycles. The third-order valence-corrected chi connectivity index (χ3v) is 8.69. The van der Waals surface area contributed by atoms with Crippen molar-refractivity contribution < 1.29 is 46.5 Å². The van der Waals surface area contributed by atoms with Gasteiger partial charge in [0.2, 0.25) is 5.88 Å². The standard InChI is InChI=1S/C28H38F2N5O8P/c1-7-19(8-2)41-24(36)17(4)34-44(38,43-20-13-11-10-12-14-20)40-15-28(30)25(37)27(6,29)26(42-28)35-16-31-21-22(35)32-18(5)33-23(21)39-9-3/h10-14,16-17,19,25-26,37H,7-9,15H2,1-6H3,(H,34,38)/t17?,25-,26+,27+,28+,44?/m0/s1. The molecule has 6 atom stereocenters. The minimum atomic E-state index is -4.58. The Hall–Kier alpha value is -3.23. The molecule has 0 bridgehead atoms. The Balaban J connectivity index is 1.60. The quantitative estimate of drug-likeness (QED) is 0.185. The van der Waals surface area contributed by atoms with Gasteiger partial charge in [-0.05, 0) is 52.7 Å². The van der Waals surface area contributed by atoms with Gasteiger partial charge in [0.05, 0.1) is 12.9 Å². The number of hydrogen-bond acceptors (Lipinski definition) is 11. The van der Waals surface area contributed by atoms with Crippen LogP contribution in [0, 0.1) is 6.92 Å². The number of nitrogens with one attached hydrogen (secondary N) is 1. The number of carbonyl (C=O) groups excluding carboxylic acids is 1. The van der Waals surface area contributed by atoms with Crippen LogP contribution in [0.2, 0.25) is 0 Å². The molecular formula is C28H38F2N5O8P. The molecule has 13 nitrogen and oxygen atoms in total. The number of aryl methyl sites for hydroxylation is 1. The zero-order valence-electron chi connectivity index (χ0n) is 25.4. The molecule has 1 saturated heterocycles. The lowest BCUT2D eigenvalue weighted by Gasteiger charge is -2.28. The van der Waals surface area contributed by atoms with E-state index in [-0.39, 0.29) is 41.3 Å². The van der Waals surface area contributed by atoms with Crippen molar-refractivity contribution in [1.82, 2.24) is 24.6 Å². The number of fused-ring (bicyclic) bond motifs is 1. The van der Waals surface area contributed by atoms with Gasteiger partial charge in [-0.3, -0.25) is 13.9 Å². The molecule has 1 aromatic carbocycles. The summed E-state index contributed by atoms with van der Waals surface area (Å²) in [5.74, 6) is -3.48. The summed E-state index contributed by atoms with van der Waals surface area (Å²) in [6, 6.07) is 6.61. The van der Waals surface area contributed by atoms with Crippen molar-refractivity contribution in [2.75, 3.05) is 13.2 Å². The molecule has 0 aliphatic carbocycles. The molecule has 1 aliphatic heterocycles. The van der Waals surface area contributed by atoms with Crippen molar-refractivity contribution in [1.29, 1.82) is 0 Å². The number of carbonyl (C=O) groups is 1. The predicted octanol–water partition coefficient (Wildman–Crippen LogP) is 4.73. The number of nitrogens with zero attached hydrogens (tertiary/aromatic N) is 4. The van der Waals surface area contributed by atoms with Crippen LogP contribution in [0.25, 0.3) is 11.2 Å². The van der Waals surface area contributed by atoms with Crippen LogP contribution in [-0.4, -0.2) is 73.6 Å². The molecule has 0 saturated carbocycles. The maximum absolute atomic E-state index is 16.3. The van der Waals surface area contributed by atoms with Crippen LogP contribution in [0.4, 0.5) is 8.78 Å². The van der Waals surface area contributed by atoms with Crippen LogP contribution in [0.15, 0.2) is 36.7 Å². The van der Waals surface area contributed by atoms with Crippen molar-refractivity contribution in [2.24, 2.45) is 0 Å². The molecule has 0 radical (unpaired) electrons. The van der Waals surface area contributed by atoms with E-state index >= 15 is 8.78 Å². The zero-order chi connectivity index (χ0) is 32.3. The number of aliphatic hydroxyl groups excluding tert-OH is 1. The van der Waals surface area contributed by atoms with E-state index in [2.05, 4.69) is 20.0 Å². The van der Waals surface area contributed by atoms with E-state index in [9.17, 15) is 14.5 Å². The molecule has 1 fully saturated rings. The van der Waals surface area contributed by atoms with E-state index in [1.165, 1.54) is 25.4 Å². The largest absolute Gasteiger partial charge is 0.476 e. The average molecular weight is 642 g/mol. The van der Waals surface area contributed by atoms with Gasteiger partial charge in [-0.25, -0.2) is 23.3 Å². The summed E-state index contributed by atoms with van der Waals surface area (Å²) < 4.78 is 74.8. The summed E-state index contributed by atoms with van der Waals surface area (Å²) >= 11 is 0. The fraction of sp³-hybridized carbons (Fsp3) is 0.571. The summed E-state index contributed by atoms with van der Waals surface area (Å²) in [5.41, 5.74) is -2.49. The normalized spacial score (nSPS) is 25.6. The predicted molar refractivity (Wildman–Crippen MR) is 154 cm³/mol. The molecular weight excluding hydrogens is 603 g/mol. The Morgan fingerprint density at radius 1 is 1.20 bits per heavy atom. The van der Waals surface area contributed by atoms with Crippen molar-refractivity contribution in [3.8, 4) is 11.6 Å². The van der Waals surface area contributed by atoms with Crippen molar-refractivity contribution in [2.45, 2.75) is 90.4 Å². The Morgan fingerprint density at radius 3 is 2.52 bits per heavy atom. The van der Waals surface area contributed by atoms with Crippen molar-refractivity contribution in [3.05, 3.63) is 42.5 Å². The van der Waals surface area contributed by atoms with E-state index in [1.807, 2.05) is 13.8 Å². The third kappa shape index (κ3) is 7.02. The lowest BCUT2D eigenvalue weighted by molar-refractivity contribution is -0.202. The van der Waals surface area contributed by atoms with Gasteiger partial charge in [0.15, 0.2) is 29.2 Å². The number of aliphatic hydroxyl groups is 1. The highest BCUT2D eigenvalue weighted by Gasteiger charge is 2.65. The Labute approximate surface area is 253 Å². The molecule has 44 heavy (non-hydrogen) atoms. The number of aromatic nitrogens is 4. The smallest absolute Gasteiger partial charge is 0.459 e. The van der Waals surface area contributed by atoms with Gasteiger partial charge in [0.25, 0.3) is 5.85 Å². The number of benzene rings is 1. The number of esters is 1. The van der Waals surface area contributed by atoms with Crippen LogP contribution in [0.1, 0.15) is 59.5 Å². The number of hydrogen-bond donors (Lipinski definition) is 2. The number of ether oxygens (including phenoxy) is 3. The Kier molecular flexibility index (Phi) is 10.3. The summed E-state index contributed by atoms with van der Waals surface area (Å²) in [6.07, 6.45) is -2.27. The average Bonchev–Trinajstić information content (AvgIpc) is 3.47. The van der Waals surface area contributed by atoms with Crippen molar-refractivity contribution in [3.63, 3.8) is 0 Å². The maximum atomic E-state index is 16.3. The second kappa shape index (κ2) is 13.4. The van der Waals surface area contributed by atoms with Crippen LogP contribution < -0.4 is 14.3 Å². The number of para-hydroxylation sites is 1. The number of alkyl halides is 2. The van der Waals surface area contributed by atoms with Gasteiger partial charge in [0, 0.05) is 0 Å². The summed E-state index contributed by atoms with van der Waals surface area (Å²) in [4.78, 5) is 25.4. The van der Waals surface area contributed by atoms with Gasteiger partial charge >= 0.3 is 13.7 Å². The monoisotopic (exact) mass is 641 g/mol. The van der Waals surface area contributed by atoms with Gasteiger partial charge in [-0.2, -0.15) is 10.1 Å². The van der Waals surface area contributed by atoms with Gasteiger partial charge in [-0.1, -0.05) is 32.0 Å². The van der Waals surface area contributed by atoms with Gasteiger partial charge in [-0.15, -0.1) is 0 Å².